The second-order valence-electron chi connectivity index (χ2n) is 6.88. The molecule has 0 aliphatic heterocycles. The zero-order valence-corrected chi connectivity index (χ0v) is 16.7. The molecule has 1 radical (unpaired) electrons. The van der Waals surface area contributed by atoms with Gasteiger partial charge in [-0.25, -0.2) is 9.59 Å². The van der Waals surface area contributed by atoms with Crippen LogP contribution in [0.4, 0.5) is 0 Å². The smallest absolute Gasteiger partial charge is 0.339 e. The molecule has 0 amide bonds. The molecule has 0 N–H and O–H groups in total. The Balaban J connectivity index is 1.81. The standard InChI is InChI=1S/C25H23O4/c1-17-14-15-22(18(2)16-17)25(27)28-19(3)23(20-10-6-4-7-11-20)29-24(26)21-12-8-5-9-13-21/h4-16,23H,1-3H3. The average Bonchev–Trinajstić information content (AvgIpc) is 2.72. The molecular weight excluding hydrogens is 364 g/mol. The molecule has 1 atom stereocenters. The van der Waals surface area contributed by atoms with Gasteiger partial charge in [-0.15, -0.1) is 0 Å². The number of benzene rings is 3. The van der Waals surface area contributed by atoms with Crippen LogP contribution in [-0.4, -0.2) is 11.9 Å². The molecule has 0 aliphatic rings. The molecule has 29 heavy (non-hydrogen) atoms. The Morgan fingerprint density at radius 3 is 2.03 bits per heavy atom. The Hall–Kier alpha value is -3.40. The van der Waals surface area contributed by atoms with E-state index in [-0.39, 0.29) is 0 Å². The van der Waals surface area contributed by atoms with Crippen LogP contribution in [0.5, 0.6) is 0 Å². The first-order valence-corrected chi connectivity index (χ1v) is 9.39. The van der Waals surface area contributed by atoms with Crippen molar-refractivity contribution in [2.45, 2.75) is 26.9 Å². The second-order valence-corrected chi connectivity index (χ2v) is 6.88. The molecule has 0 aromatic heterocycles. The average molecular weight is 387 g/mol. The van der Waals surface area contributed by atoms with Gasteiger partial charge in [0.05, 0.1) is 11.1 Å². The van der Waals surface area contributed by atoms with Gasteiger partial charge < -0.3 is 9.47 Å². The quantitative estimate of drug-likeness (QED) is 0.516. The molecule has 0 saturated carbocycles. The summed E-state index contributed by atoms with van der Waals surface area (Å²) in [4.78, 5) is 25.3. The van der Waals surface area contributed by atoms with Gasteiger partial charge in [-0.2, -0.15) is 0 Å². The van der Waals surface area contributed by atoms with Gasteiger partial charge in [-0.05, 0) is 50.1 Å². The van der Waals surface area contributed by atoms with Gasteiger partial charge in [0, 0.05) is 0 Å². The monoisotopic (exact) mass is 387 g/mol. The van der Waals surface area contributed by atoms with E-state index in [1.165, 1.54) is 0 Å². The maximum atomic E-state index is 12.7. The summed E-state index contributed by atoms with van der Waals surface area (Å²) in [5.41, 5.74) is 3.54. The van der Waals surface area contributed by atoms with Gasteiger partial charge in [-0.3, -0.25) is 0 Å². The van der Waals surface area contributed by atoms with Gasteiger partial charge in [0.15, 0.2) is 12.2 Å². The molecule has 0 bridgehead atoms. The highest BCUT2D eigenvalue weighted by Gasteiger charge is 2.29. The van der Waals surface area contributed by atoms with E-state index in [4.69, 9.17) is 9.47 Å². The number of hydrogen-bond donors (Lipinski definition) is 0. The van der Waals surface area contributed by atoms with Crippen LogP contribution >= 0.6 is 0 Å². The number of carbonyl (C=O) groups excluding carboxylic acids is 2. The largest absolute Gasteiger partial charge is 0.449 e. The molecule has 147 valence electrons. The predicted octanol–water partition coefficient (Wildman–Crippen LogP) is 5.61. The number of aryl methyl sites for hydroxylation is 2. The van der Waals surface area contributed by atoms with E-state index < -0.39 is 18.0 Å². The van der Waals surface area contributed by atoms with Crippen molar-refractivity contribution in [1.29, 1.82) is 0 Å². The van der Waals surface area contributed by atoms with Gasteiger partial charge in [0.1, 0.15) is 0 Å². The number of rotatable bonds is 6. The Kier molecular flexibility index (Phi) is 6.45. The molecule has 4 nitrogen and oxygen atoms in total. The van der Waals surface area contributed by atoms with Gasteiger partial charge >= 0.3 is 11.9 Å². The Morgan fingerprint density at radius 2 is 1.41 bits per heavy atom. The third-order valence-electron chi connectivity index (χ3n) is 4.56. The third kappa shape index (κ3) is 5.11. The molecule has 0 saturated heterocycles. The van der Waals surface area contributed by atoms with Crippen molar-refractivity contribution < 1.29 is 19.1 Å². The molecule has 3 aromatic carbocycles. The summed E-state index contributed by atoms with van der Waals surface area (Å²) in [7, 11) is 0. The van der Waals surface area contributed by atoms with E-state index in [9.17, 15) is 9.59 Å². The highest BCUT2D eigenvalue weighted by atomic mass is 16.6. The van der Waals surface area contributed by atoms with Crippen molar-refractivity contribution in [3.63, 3.8) is 0 Å². The fourth-order valence-corrected chi connectivity index (χ4v) is 3.06. The van der Waals surface area contributed by atoms with E-state index in [2.05, 4.69) is 0 Å². The van der Waals surface area contributed by atoms with Crippen molar-refractivity contribution in [3.05, 3.63) is 113 Å². The minimum atomic E-state index is -0.807. The highest BCUT2D eigenvalue weighted by molar-refractivity contribution is 5.92. The zero-order chi connectivity index (χ0) is 20.8. The van der Waals surface area contributed by atoms with Gasteiger partial charge in [0.2, 0.25) is 0 Å². The van der Waals surface area contributed by atoms with E-state index in [0.29, 0.717) is 17.2 Å². The number of ether oxygens (including phenoxy) is 2. The lowest BCUT2D eigenvalue weighted by Gasteiger charge is -2.24. The first-order chi connectivity index (χ1) is 14.0. The minimum Gasteiger partial charge on any atom is -0.449 e. The van der Waals surface area contributed by atoms with Crippen LogP contribution in [0, 0.1) is 20.0 Å². The molecule has 3 aromatic rings. The molecule has 0 spiro atoms. The van der Waals surface area contributed by atoms with Crippen LogP contribution in [-0.2, 0) is 9.47 Å². The van der Waals surface area contributed by atoms with E-state index in [1.807, 2.05) is 62.4 Å². The molecule has 0 fully saturated rings. The molecule has 3 rings (SSSR count). The fraction of sp³-hybridized carbons (Fsp3) is 0.160. The van der Waals surface area contributed by atoms with E-state index >= 15 is 0 Å². The summed E-state index contributed by atoms with van der Waals surface area (Å²) in [6.07, 6.45) is -0.510. The molecule has 0 heterocycles. The Labute approximate surface area is 171 Å². The summed E-state index contributed by atoms with van der Waals surface area (Å²) in [5.74, 6) is -0.960. The first-order valence-electron chi connectivity index (χ1n) is 9.39. The Morgan fingerprint density at radius 1 is 0.793 bits per heavy atom. The summed E-state index contributed by atoms with van der Waals surface area (Å²) in [6, 6.07) is 23.5. The summed E-state index contributed by atoms with van der Waals surface area (Å²) in [6.45, 7) is 5.48. The lowest BCUT2D eigenvalue weighted by Crippen LogP contribution is -2.21. The van der Waals surface area contributed by atoms with E-state index in [0.717, 1.165) is 16.7 Å². The zero-order valence-electron chi connectivity index (χ0n) is 16.7. The van der Waals surface area contributed by atoms with Gasteiger partial charge in [0.25, 0.3) is 0 Å². The maximum absolute atomic E-state index is 12.7. The minimum absolute atomic E-state index is 0.297. The van der Waals surface area contributed by atoms with Crippen molar-refractivity contribution >= 4 is 11.9 Å². The topological polar surface area (TPSA) is 52.6 Å². The van der Waals surface area contributed by atoms with Crippen LogP contribution in [0.2, 0.25) is 0 Å². The van der Waals surface area contributed by atoms with Gasteiger partial charge in [-0.1, -0.05) is 66.2 Å². The van der Waals surface area contributed by atoms with Crippen molar-refractivity contribution in [2.75, 3.05) is 0 Å². The van der Waals surface area contributed by atoms with E-state index in [1.54, 1.807) is 37.3 Å². The summed E-state index contributed by atoms with van der Waals surface area (Å²) >= 11 is 0. The fourth-order valence-electron chi connectivity index (χ4n) is 3.06. The number of hydrogen-bond acceptors (Lipinski definition) is 4. The highest BCUT2D eigenvalue weighted by Crippen LogP contribution is 2.30. The normalized spacial score (nSPS) is 11.7. The van der Waals surface area contributed by atoms with Crippen LogP contribution in [0.15, 0.2) is 78.9 Å². The third-order valence-corrected chi connectivity index (χ3v) is 4.56. The van der Waals surface area contributed by atoms with Crippen LogP contribution in [0.3, 0.4) is 0 Å². The second kappa shape index (κ2) is 9.20. The predicted molar refractivity (Wildman–Crippen MR) is 111 cm³/mol. The lowest BCUT2D eigenvalue weighted by molar-refractivity contribution is 0.00297. The van der Waals surface area contributed by atoms with Crippen molar-refractivity contribution in [3.8, 4) is 0 Å². The van der Waals surface area contributed by atoms with Crippen LogP contribution in [0.1, 0.15) is 50.4 Å². The molecule has 1 unspecified atom stereocenters. The van der Waals surface area contributed by atoms with Crippen molar-refractivity contribution in [1.82, 2.24) is 0 Å². The SMILES string of the molecule is C[C](OC(=O)c1ccc(C)cc1C)C(OC(=O)c1ccccc1)c1ccccc1. The molecule has 4 heteroatoms. The summed E-state index contributed by atoms with van der Waals surface area (Å²) < 4.78 is 11.3. The Bertz CT molecular complexity index is 980. The van der Waals surface area contributed by atoms with Crippen LogP contribution < -0.4 is 0 Å². The maximum Gasteiger partial charge on any atom is 0.339 e. The lowest BCUT2D eigenvalue weighted by atomic mass is 10.0. The number of carbonyl (C=O) groups is 2. The first kappa shape index (κ1) is 20.3. The van der Waals surface area contributed by atoms with Crippen LogP contribution in [0.25, 0.3) is 0 Å². The number of esters is 2. The molecular formula is C25H23O4. The molecule has 0 aliphatic carbocycles. The van der Waals surface area contributed by atoms with Crippen molar-refractivity contribution in [2.24, 2.45) is 0 Å². The summed E-state index contributed by atoms with van der Waals surface area (Å²) in [5, 5.41) is 0.